The minimum Gasteiger partial charge on any atom is -0.271 e. The number of hydrogen-bond donors (Lipinski definition) is 0. The molecule has 2 aromatic rings. The zero-order valence-electron chi connectivity index (χ0n) is 12.1. The second kappa shape index (κ2) is 5.38. The maximum atomic E-state index is 13.1. The number of imide groups is 1. The number of fused-ring (bicyclic) bond motifs is 1. The zero-order chi connectivity index (χ0) is 16.8. The van der Waals surface area contributed by atoms with E-state index in [1.54, 1.807) is 24.3 Å². The quantitative estimate of drug-likeness (QED) is 0.787. The summed E-state index contributed by atoms with van der Waals surface area (Å²) in [5.41, 5.74) is 0.878. The molecule has 0 spiro atoms. The molecule has 1 fully saturated rings. The Labute approximate surface area is 141 Å². The molecule has 120 valence electrons. The van der Waals surface area contributed by atoms with Crippen molar-refractivity contribution in [2.24, 2.45) is 10.3 Å². The highest BCUT2D eigenvalue weighted by molar-refractivity contribution is 6.31. The van der Waals surface area contributed by atoms with Crippen molar-refractivity contribution >= 4 is 34.8 Å². The summed E-state index contributed by atoms with van der Waals surface area (Å²) >= 11 is 5.97. The fourth-order valence-electron chi connectivity index (χ4n) is 2.84. The molecule has 2 heterocycles. The van der Waals surface area contributed by atoms with Gasteiger partial charge in [0.25, 0.3) is 11.8 Å². The molecule has 2 amide bonds. The van der Waals surface area contributed by atoms with Crippen LogP contribution in [0.1, 0.15) is 0 Å². The molecular weight excluding hydrogens is 335 g/mol. The van der Waals surface area contributed by atoms with E-state index in [1.165, 1.54) is 29.3 Å². The van der Waals surface area contributed by atoms with Crippen LogP contribution in [0, 0.1) is 5.82 Å². The van der Waals surface area contributed by atoms with Crippen molar-refractivity contribution < 1.29 is 14.0 Å². The van der Waals surface area contributed by atoms with Crippen LogP contribution in [0.2, 0.25) is 5.02 Å². The van der Waals surface area contributed by atoms with Crippen LogP contribution in [0.4, 0.5) is 15.8 Å². The molecule has 6 nitrogen and oxygen atoms in total. The third-order valence-corrected chi connectivity index (χ3v) is 4.17. The van der Waals surface area contributed by atoms with Gasteiger partial charge in [0.15, 0.2) is 12.1 Å². The van der Waals surface area contributed by atoms with Gasteiger partial charge < -0.3 is 0 Å². The zero-order valence-corrected chi connectivity index (χ0v) is 12.9. The highest BCUT2D eigenvalue weighted by Crippen LogP contribution is 2.35. The van der Waals surface area contributed by atoms with Crippen LogP contribution in [-0.2, 0) is 9.59 Å². The number of rotatable bonds is 2. The first-order chi connectivity index (χ1) is 11.6. The first-order valence-electron chi connectivity index (χ1n) is 7.15. The Morgan fingerprint density at radius 3 is 2.46 bits per heavy atom. The molecule has 2 atom stereocenters. The van der Waals surface area contributed by atoms with Gasteiger partial charge in [-0.3, -0.25) is 9.59 Å². The number of amides is 2. The molecule has 0 saturated carbocycles. The van der Waals surface area contributed by atoms with Gasteiger partial charge in [-0.05, 0) is 42.5 Å². The molecule has 2 aliphatic rings. The van der Waals surface area contributed by atoms with Gasteiger partial charge in [0.2, 0.25) is 0 Å². The summed E-state index contributed by atoms with van der Waals surface area (Å²) in [5, 5.41) is 9.75. The number of hydrogen-bond acceptors (Lipinski definition) is 5. The lowest BCUT2D eigenvalue weighted by atomic mass is 10.1. The summed E-state index contributed by atoms with van der Waals surface area (Å²) in [5.74, 6) is -1.38. The fraction of sp³-hybridized carbons (Fsp3) is 0.125. The van der Waals surface area contributed by atoms with Gasteiger partial charge in [0.1, 0.15) is 5.82 Å². The van der Waals surface area contributed by atoms with Gasteiger partial charge in [-0.1, -0.05) is 22.9 Å². The van der Waals surface area contributed by atoms with E-state index >= 15 is 0 Å². The Kier molecular flexibility index (Phi) is 3.31. The largest absolute Gasteiger partial charge is 0.271 e. The average molecular weight is 345 g/mol. The smallest absolute Gasteiger partial charge is 0.263 e. The lowest BCUT2D eigenvalue weighted by molar-refractivity contribution is -0.121. The molecule has 0 bridgehead atoms. The number of halogens is 2. The maximum absolute atomic E-state index is 13.1. The van der Waals surface area contributed by atoms with Crippen molar-refractivity contribution in [3.63, 3.8) is 0 Å². The lowest BCUT2D eigenvalue weighted by Crippen LogP contribution is -2.39. The molecule has 0 aliphatic carbocycles. The molecule has 1 saturated heterocycles. The molecule has 4 rings (SSSR count). The SMILES string of the molecule is O=C1C2N=NN(c3cccc(Cl)c3)C2C(=O)N1c1ccc(F)cc1. The highest BCUT2D eigenvalue weighted by atomic mass is 35.5. The van der Waals surface area contributed by atoms with Gasteiger partial charge >= 0.3 is 0 Å². The second-order valence-electron chi connectivity index (χ2n) is 5.41. The van der Waals surface area contributed by atoms with E-state index in [2.05, 4.69) is 10.3 Å². The molecular formula is C16H10ClFN4O2. The van der Waals surface area contributed by atoms with Crippen LogP contribution in [0.5, 0.6) is 0 Å². The van der Waals surface area contributed by atoms with E-state index in [1.807, 2.05) is 0 Å². The first-order valence-corrected chi connectivity index (χ1v) is 7.53. The van der Waals surface area contributed by atoms with Crippen molar-refractivity contribution in [3.8, 4) is 0 Å². The van der Waals surface area contributed by atoms with Crippen LogP contribution in [-0.4, -0.2) is 23.9 Å². The van der Waals surface area contributed by atoms with Crippen LogP contribution in [0.25, 0.3) is 0 Å². The van der Waals surface area contributed by atoms with Crippen molar-refractivity contribution in [3.05, 3.63) is 59.4 Å². The van der Waals surface area contributed by atoms with Gasteiger partial charge in [0.05, 0.1) is 11.4 Å². The molecule has 2 aliphatic heterocycles. The Morgan fingerprint density at radius 2 is 1.75 bits per heavy atom. The standard InChI is InChI=1S/C16H10ClFN4O2/c17-9-2-1-3-12(8-9)22-14-13(19-20-22)15(23)21(16(14)24)11-6-4-10(18)5-7-11/h1-8,13-14H. The van der Waals surface area contributed by atoms with E-state index < -0.39 is 29.7 Å². The molecule has 0 N–H and O–H groups in total. The fourth-order valence-corrected chi connectivity index (χ4v) is 3.02. The number of nitrogens with zero attached hydrogens (tertiary/aromatic N) is 4. The van der Waals surface area contributed by atoms with Crippen molar-refractivity contribution in [1.29, 1.82) is 0 Å². The maximum Gasteiger partial charge on any atom is 0.263 e. The lowest BCUT2D eigenvalue weighted by Gasteiger charge is -2.20. The number of carbonyl (C=O) groups excluding carboxylic acids is 2. The Bertz CT molecular complexity index is 871. The second-order valence-corrected chi connectivity index (χ2v) is 5.84. The first kappa shape index (κ1) is 14.8. The average Bonchev–Trinajstić information content (AvgIpc) is 3.10. The van der Waals surface area contributed by atoms with E-state index in [9.17, 15) is 14.0 Å². The van der Waals surface area contributed by atoms with Crippen molar-refractivity contribution in [2.45, 2.75) is 12.1 Å². The summed E-state index contributed by atoms with van der Waals surface area (Å²) in [7, 11) is 0. The summed E-state index contributed by atoms with van der Waals surface area (Å²) in [6.45, 7) is 0. The molecule has 0 radical (unpaired) electrons. The third-order valence-electron chi connectivity index (χ3n) is 3.94. The van der Waals surface area contributed by atoms with E-state index in [0.29, 0.717) is 16.4 Å². The summed E-state index contributed by atoms with van der Waals surface area (Å²) in [4.78, 5) is 26.3. The van der Waals surface area contributed by atoms with Gasteiger partial charge in [-0.2, -0.15) is 5.11 Å². The summed E-state index contributed by atoms with van der Waals surface area (Å²) in [6, 6.07) is 10.2. The van der Waals surface area contributed by atoms with Crippen LogP contribution < -0.4 is 9.91 Å². The van der Waals surface area contributed by atoms with E-state index in [0.717, 1.165) is 4.90 Å². The molecule has 24 heavy (non-hydrogen) atoms. The Hall–Kier alpha value is -2.80. The number of anilines is 2. The van der Waals surface area contributed by atoms with Crippen molar-refractivity contribution in [1.82, 2.24) is 0 Å². The molecule has 0 aromatic heterocycles. The molecule has 8 heteroatoms. The Balaban J connectivity index is 1.70. The number of benzene rings is 2. The monoisotopic (exact) mass is 344 g/mol. The van der Waals surface area contributed by atoms with Crippen LogP contribution in [0.3, 0.4) is 0 Å². The highest BCUT2D eigenvalue weighted by Gasteiger charge is 2.55. The van der Waals surface area contributed by atoms with Gasteiger partial charge in [0, 0.05) is 5.02 Å². The summed E-state index contributed by atoms with van der Waals surface area (Å²) < 4.78 is 13.1. The molecule has 2 unspecified atom stereocenters. The van der Waals surface area contributed by atoms with Crippen molar-refractivity contribution in [2.75, 3.05) is 9.91 Å². The predicted octanol–water partition coefficient (Wildman–Crippen LogP) is 2.98. The third kappa shape index (κ3) is 2.16. The van der Waals surface area contributed by atoms with E-state index in [4.69, 9.17) is 11.6 Å². The van der Waals surface area contributed by atoms with Crippen LogP contribution in [0.15, 0.2) is 58.9 Å². The van der Waals surface area contributed by atoms with Gasteiger partial charge in [-0.25, -0.2) is 14.3 Å². The van der Waals surface area contributed by atoms with E-state index in [-0.39, 0.29) is 0 Å². The topological polar surface area (TPSA) is 65.3 Å². The normalized spacial score (nSPS) is 22.4. The van der Waals surface area contributed by atoms with Gasteiger partial charge in [-0.15, -0.1) is 0 Å². The Morgan fingerprint density at radius 1 is 1.00 bits per heavy atom. The van der Waals surface area contributed by atoms with Crippen LogP contribution >= 0.6 is 11.6 Å². The summed E-state index contributed by atoms with van der Waals surface area (Å²) in [6.07, 6.45) is 0. The number of carbonyl (C=O) groups is 2. The minimum absolute atomic E-state index is 0.307. The minimum atomic E-state index is -0.915. The molecule has 2 aromatic carbocycles. The predicted molar refractivity (Wildman–Crippen MR) is 85.3 cm³/mol.